The van der Waals surface area contributed by atoms with E-state index in [1.165, 1.54) is 11.5 Å². The van der Waals surface area contributed by atoms with E-state index in [0.717, 1.165) is 54.4 Å². The molecule has 1 fully saturated rings. The Morgan fingerprint density at radius 2 is 1.91 bits per heavy atom. The number of amides is 2. The van der Waals surface area contributed by atoms with E-state index in [1.54, 1.807) is 11.1 Å². The lowest BCUT2D eigenvalue weighted by Gasteiger charge is -2.34. The van der Waals surface area contributed by atoms with E-state index in [0.29, 0.717) is 24.1 Å². The normalized spacial score (nSPS) is 14.0. The Hall–Kier alpha value is -3.73. The second-order valence-electron chi connectivity index (χ2n) is 8.85. The number of primary amides is 1. The molecule has 1 aliphatic rings. The summed E-state index contributed by atoms with van der Waals surface area (Å²) < 4.78 is 4.25. The number of carbonyl (C=O) groups excluding carboxylic acids is 2. The maximum Gasteiger partial charge on any atom is 0.271 e. The summed E-state index contributed by atoms with van der Waals surface area (Å²) in [5, 5.41) is 3.90. The fourth-order valence-electron chi connectivity index (χ4n) is 4.11. The van der Waals surface area contributed by atoms with Gasteiger partial charge in [-0.15, -0.1) is 0 Å². The summed E-state index contributed by atoms with van der Waals surface area (Å²) in [6, 6.07) is 9.87. The molecule has 0 radical (unpaired) electrons. The average molecular weight is 495 g/mol. The van der Waals surface area contributed by atoms with Gasteiger partial charge in [0.15, 0.2) is 11.5 Å². The highest BCUT2D eigenvalue weighted by molar-refractivity contribution is 7.10. The SMILES string of the molecule is Cc1cc(Nc2nc(N3CCC(CN(C=O)c4ccc(N(C)C)cc4)CC3)cnc2C(N)=O)sn1. The van der Waals surface area contributed by atoms with Crippen molar-refractivity contribution in [1.29, 1.82) is 0 Å². The minimum absolute atomic E-state index is 0.0941. The lowest BCUT2D eigenvalue weighted by atomic mass is 9.96. The largest absolute Gasteiger partial charge is 0.378 e. The predicted molar refractivity (Wildman–Crippen MR) is 140 cm³/mol. The fraction of sp³-hybridized carbons (Fsp3) is 0.375. The van der Waals surface area contributed by atoms with Gasteiger partial charge in [-0.1, -0.05) is 0 Å². The van der Waals surface area contributed by atoms with Gasteiger partial charge in [0.05, 0.1) is 11.9 Å². The summed E-state index contributed by atoms with van der Waals surface area (Å²) in [6.07, 6.45) is 4.32. The minimum Gasteiger partial charge on any atom is -0.378 e. The van der Waals surface area contributed by atoms with Crippen LogP contribution in [0.15, 0.2) is 36.5 Å². The summed E-state index contributed by atoms with van der Waals surface area (Å²) in [5.74, 6) is 0.748. The molecule has 2 aromatic heterocycles. The number of nitrogens with two attached hydrogens (primary N) is 1. The molecular weight excluding hydrogens is 464 g/mol. The second kappa shape index (κ2) is 10.7. The summed E-state index contributed by atoms with van der Waals surface area (Å²) in [6.45, 7) is 4.12. The molecule has 4 rings (SSSR count). The van der Waals surface area contributed by atoms with Crippen molar-refractivity contribution in [1.82, 2.24) is 14.3 Å². The van der Waals surface area contributed by atoms with Gasteiger partial charge in [0, 0.05) is 45.1 Å². The Balaban J connectivity index is 1.40. The van der Waals surface area contributed by atoms with E-state index >= 15 is 0 Å². The molecule has 2 amide bonds. The van der Waals surface area contributed by atoms with Gasteiger partial charge >= 0.3 is 0 Å². The van der Waals surface area contributed by atoms with Gasteiger partial charge in [-0.05, 0) is 67.5 Å². The molecule has 35 heavy (non-hydrogen) atoms. The third-order valence-electron chi connectivity index (χ3n) is 6.08. The summed E-state index contributed by atoms with van der Waals surface area (Å²) >= 11 is 1.28. The molecule has 3 aromatic rings. The Morgan fingerprint density at radius 3 is 2.49 bits per heavy atom. The molecule has 0 atom stereocenters. The lowest BCUT2D eigenvalue weighted by Crippen LogP contribution is -2.39. The second-order valence-corrected chi connectivity index (χ2v) is 9.65. The van der Waals surface area contributed by atoms with Crippen LogP contribution in [0.2, 0.25) is 0 Å². The van der Waals surface area contributed by atoms with Gasteiger partial charge in [0.1, 0.15) is 10.8 Å². The number of hydrogen-bond acceptors (Lipinski definition) is 9. The zero-order chi connectivity index (χ0) is 24.9. The van der Waals surface area contributed by atoms with Gasteiger partial charge in [-0.25, -0.2) is 9.97 Å². The van der Waals surface area contributed by atoms with Crippen LogP contribution in [0.3, 0.4) is 0 Å². The highest BCUT2D eigenvalue weighted by atomic mass is 32.1. The monoisotopic (exact) mass is 494 g/mol. The van der Waals surface area contributed by atoms with Crippen molar-refractivity contribution in [3.05, 3.63) is 47.9 Å². The molecule has 1 saturated heterocycles. The number of anilines is 5. The first kappa shape index (κ1) is 24.4. The molecule has 0 aliphatic carbocycles. The first-order valence-electron chi connectivity index (χ1n) is 11.5. The topological polar surface area (TPSA) is 121 Å². The molecule has 0 bridgehead atoms. The molecule has 3 N–H and O–H groups in total. The number of benzene rings is 1. The van der Waals surface area contributed by atoms with Crippen LogP contribution in [0, 0.1) is 12.8 Å². The Labute approximate surface area is 208 Å². The van der Waals surface area contributed by atoms with Gasteiger partial charge in [0.2, 0.25) is 6.41 Å². The van der Waals surface area contributed by atoms with Crippen molar-refractivity contribution in [2.45, 2.75) is 19.8 Å². The van der Waals surface area contributed by atoms with Crippen LogP contribution in [-0.4, -0.2) is 60.4 Å². The Bertz CT molecular complexity index is 1170. The summed E-state index contributed by atoms with van der Waals surface area (Å²) in [4.78, 5) is 38.6. The van der Waals surface area contributed by atoms with Crippen LogP contribution in [0.5, 0.6) is 0 Å². The predicted octanol–water partition coefficient (Wildman–Crippen LogP) is 3.03. The molecular formula is C24H30N8O2S. The summed E-state index contributed by atoms with van der Waals surface area (Å²) in [5.41, 5.74) is 8.47. The Kier molecular flexibility index (Phi) is 7.45. The van der Waals surface area contributed by atoms with Crippen molar-refractivity contribution in [2.75, 3.05) is 53.7 Å². The fourth-order valence-corrected chi connectivity index (χ4v) is 4.77. The zero-order valence-electron chi connectivity index (χ0n) is 20.1. The number of piperidine rings is 1. The van der Waals surface area contributed by atoms with Gasteiger partial charge in [-0.3, -0.25) is 9.59 Å². The third kappa shape index (κ3) is 5.86. The molecule has 1 aromatic carbocycles. The van der Waals surface area contributed by atoms with Crippen molar-refractivity contribution < 1.29 is 9.59 Å². The lowest BCUT2D eigenvalue weighted by molar-refractivity contribution is -0.107. The van der Waals surface area contributed by atoms with Gasteiger partial charge in [0.25, 0.3) is 5.91 Å². The summed E-state index contributed by atoms with van der Waals surface area (Å²) in [7, 11) is 3.98. The first-order chi connectivity index (χ1) is 16.8. The van der Waals surface area contributed by atoms with Crippen molar-refractivity contribution in [2.24, 2.45) is 11.7 Å². The number of rotatable bonds is 9. The highest BCUT2D eigenvalue weighted by Crippen LogP contribution is 2.28. The zero-order valence-corrected chi connectivity index (χ0v) is 21.0. The number of hydrogen-bond donors (Lipinski definition) is 2. The number of aromatic nitrogens is 3. The minimum atomic E-state index is -0.640. The molecule has 0 spiro atoms. The van der Waals surface area contributed by atoms with Crippen LogP contribution in [0.4, 0.5) is 28.0 Å². The highest BCUT2D eigenvalue weighted by Gasteiger charge is 2.24. The van der Waals surface area contributed by atoms with Crippen LogP contribution < -0.4 is 25.8 Å². The number of carbonyl (C=O) groups is 2. The van der Waals surface area contributed by atoms with E-state index in [2.05, 4.69) is 24.6 Å². The van der Waals surface area contributed by atoms with E-state index in [-0.39, 0.29) is 5.69 Å². The number of aryl methyl sites for hydroxylation is 1. The standard InChI is InChI=1S/C24H30N8O2S/c1-16-12-21(35-29-16)28-24-22(23(25)34)26-13-20(27-24)31-10-8-17(9-11-31)14-32(15-33)19-6-4-18(5-7-19)30(2)3/h4-7,12-13,15,17H,8-11,14H2,1-3H3,(H2,25,34)(H,27,28). The number of nitrogens with zero attached hydrogens (tertiary/aromatic N) is 6. The van der Waals surface area contributed by atoms with E-state index in [4.69, 9.17) is 5.73 Å². The number of nitrogens with one attached hydrogen (secondary N) is 1. The van der Waals surface area contributed by atoms with Gasteiger partial charge < -0.3 is 25.8 Å². The quantitative estimate of drug-likeness (QED) is 0.436. The van der Waals surface area contributed by atoms with E-state index in [1.807, 2.05) is 56.3 Å². The van der Waals surface area contributed by atoms with Crippen molar-refractivity contribution >= 4 is 51.9 Å². The molecule has 0 saturated carbocycles. The van der Waals surface area contributed by atoms with Crippen molar-refractivity contribution in [3.8, 4) is 0 Å². The molecule has 0 unspecified atom stereocenters. The molecule has 11 heteroatoms. The molecule has 10 nitrogen and oxygen atoms in total. The molecule has 184 valence electrons. The third-order valence-corrected chi connectivity index (χ3v) is 6.88. The molecule has 3 heterocycles. The van der Waals surface area contributed by atoms with Crippen molar-refractivity contribution in [3.63, 3.8) is 0 Å². The maximum absolute atomic E-state index is 11.9. The van der Waals surface area contributed by atoms with E-state index in [9.17, 15) is 9.59 Å². The maximum atomic E-state index is 11.9. The first-order valence-corrected chi connectivity index (χ1v) is 12.2. The Morgan fingerprint density at radius 1 is 1.23 bits per heavy atom. The van der Waals surface area contributed by atoms with E-state index < -0.39 is 5.91 Å². The smallest absolute Gasteiger partial charge is 0.271 e. The average Bonchev–Trinajstić information content (AvgIpc) is 3.27. The van der Waals surface area contributed by atoms with Gasteiger partial charge in [-0.2, -0.15) is 4.37 Å². The van der Waals surface area contributed by atoms with Crippen LogP contribution >= 0.6 is 11.5 Å². The van der Waals surface area contributed by atoms with Crippen LogP contribution in [0.25, 0.3) is 0 Å². The molecule has 1 aliphatic heterocycles. The van der Waals surface area contributed by atoms with Crippen LogP contribution in [0.1, 0.15) is 29.0 Å². The van der Waals surface area contributed by atoms with Crippen LogP contribution in [-0.2, 0) is 4.79 Å².